The number of hydrogen-bond donors (Lipinski definition) is 1. The van der Waals surface area contributed by atoms with Crippen LogP contribution in [-0.4, -0.2) is 51.0 Å². The molecule has 0 aliphatic carbocycles. The molecule has 1 aliphatic rings. The van der Waals surface area contributed by atoms with E-state index in [0.29, 0.717) is 5.69 Å². The van der Waals surface area contributed by atoms with Crippen LogP contribution in [0.1, 0.15) is 29.0 Å². The minimum absolute atomic E-state index is 0.0644. The summed E-state index contributed by atoms with van der Waals surface area (Å²) < 4.78 is 1.75. The lowest BCUT2D eigenvalue weighted by Gasteiger charge is -2.41. The molecule has 0 spiro atoms. The standard InChI is InChI=1S/C17H23N5O/c1-21-9-6-17(7-10-21,11-14-5-3-4-8-19-14)20-16(23)15-12-18-13-22(15)2/h3-5,8,12-13H,6-7,9-11H2,1-2H3,(H,20,23). The second-order valence-corrected chi connectivity index (χ2v) is 6.43. The van der Waals surface area contributed by atoms with Crippen LogP contribution in [0, 0.1) is 0 Å². The molecule has 23 heavy (non-hydrogen) atoms. The minimum atomic E-state index is -0.248. The Morgan fingerprint density at radius 1 is 1.30 bits per heavy atom. The molecule has 0 unspecified atom stereocenters. The molecule has 3 rings (SSSR count). The van der Waals surface area contributed by atoms with Gasteiger partial charge in [-0.15, -0.1) is 0 Å². The van der Waals surface area contributed by atoms with Crippen molar-refractivity contribution in [1.29, 1.82) is 0 Å². The summed E-state index contributed by atoms with van der Waals surface area (Å²) >= 11 is 0. The first-order valence-corrected chi connectivity index (χ1v) is 7.95. The Balaban J connectivity index is 1.81. The van der Waals surface area contributed by atoms with Crippen molar-refractivity contribution in [1.82, 2.24) is 24.8 Å². The Morgan fingerprint density at radius 3 is 2.70 bits per heavy atom. The van der Waals surface area contributed by atoms with Gasteiger partial charge in [-0.3, -0.25) is 9.78 Å². The van der Waals surface area contributed by atoms with E-state index >= 15 is 0 Å². The quantitative estimate of drug-likeness (QED) is 0.923. The highest BCUT2D eigenvalue weighted by Crippen LogP contribution is 2.26. The highest BCUT2D eigenvalue weighted by atomic mass is 16.2. The summed E-state index contributed by atoms with van der Waals surface area (Å²) in [7, 11) is 3.95. The maximum absolute atomic E-state index is 12.7. The Bertz CT molecular complexity index is 659. The Labute approximate surface area is 136 Å². The van der Waals surface area contributed by atoms with E-state index in [0.717, 1.165) is 38.0 Å². The Hall–Kier alpha value is -2.21. The van der Waals surface area contributed by atoms with Crippen molar-refractivity contribution in [2.24, 2.45) is 7.05 Å². The molecule has 2 aromatic rings. The second kappa shape index (κ2) is 6.50. The number of piperidine rings is 1. The van der Waals surface area contributed by atoms with Gasteiger partial charge in [-0.1, -0.05) is 6.07 Å². The summed E-state index contributed by atoms with van der Waals surface area (Å²) in [5.41, 5.74) is 1.36. The highest BCUT2D eigenvalue weighted by molar-refractivity contribution is 5.92. The zero-order chi connectivity index (χ0) is 16.3. The maximum Gasteiger partial charge on any atom is 0.269 e. The molecular weight excluding hydrogens is 290 g/mol. The van der Waals surface area contributed by atoms with Gasteiger partial charge in [0.1, 0.15) is 5.69 Å². The average molecular weight is 313 g/mol. The Morgan fingerprint density at radius 2 is 2.09 bits per heavy atom. The molecule has 1 saturated heterocycles. The largest absolute Gasteiger partial charge is 0.345 e. The lowest BCUT2D eigenvalue weighted by Crippen LogP contribution is -2.56. The fraction of sp³-hybridized carbons (Fsp3) is 0.471. The monoisotopic (exact) mass is 313 g/mol. The molecule has 2 aromatic heterocycles. The molecule has 3 heterocycles. The number of imidazole rings is 1. The summed E-state index contributed by atoms with van der Waals surface area (Å²) in [4.78, 5) is 23.4. The summed E-state index contributed by atoms with van der Waals surface area (Å²) in [6.45, 7) is 1.94. The lowest BCUT2D eigenvalue weighted by atomic mass is 9.83. The molecule has 122 valence electrons. The predicted octanol–water partition coefficient (Wildman–Crippen LogP) is 1.25. The third-order valence-electron chi connectivity index (χ3n) is 4.62. The molecular formula is C17H23N5O. The van der Waals surface area contributed by atoms with Gasteiger partial charge in [0.05, 0.1) is 12.5 Å². The van der Waals surface area contributed by atoms with Crippen molar-refractivity contribution in [3.05, 3.63) is 48.3 Å². The predicted molar refractivity (Wildman–Crippen MR) is 88.1 cm³/mol. The van der Waals surface area contributed by atoms with E-state index in [2.05, 4.69) is 27.2 Å². The van der Waals surface area contributed by atoms with Crippen LogP contribution in [-0.2, 0) is 13.5 Å². The number of likely N-dealkylation sites (tertiary alicyclic amines) is 1. The molecule has 0 radical (unpaired) electrons. The zero-order valence-corrected chi connectivity index (χ0v) is 13.7. The van der Waals surface area contributed by atoms with Crippen LogP contribution in [0.15, 0.2) is 36.9 Å². The highest BCUT2D eigenvalue weighted by Gasteiger charge is 2.36. The fourth-order valence-corrected chi connectivity index (χ4v) is 3.12. The average Bonchev–Trinajstić information content (AvgIpc) is 2.98. The first-order valence-electron chi connectivity index (χ1n) is 7.95. The van der Waals surface area contributed by atoms with Gasteiger partial charge in [-0.2, -0.15) is 0 Å². The number of aryl methyl sites for hydroxylation is 1. The van der Waals surface area contributed by atoms with E-state index in [-0.39, 0.29) is 11.4 Å². The number of nitrogens with zero attached hydrogens (tertiary/aromatic N) is 4. The summed E-state index contributed by atoms with van der Waals surface area (Å²) in [6, 6.07) is 5.93. The van der Waals surface area contributed by atoms with E-state index in [1.54, 1.807) is 23.3 Å². The van der Waals surface area contributed by atoms with Crippen molar-refractivity contribution < 1.29 is 4.79 Å². The first-order chi connectivity index (χ1) is 11.1. The van der Waals surface area contributed by atoms with Crippen molar-refractivity contribution >= 4 is 5.91 Å². The van der Waals surface area contributed by atoms with Gasteiger partial charge < -0.3 is 14.8 Å². The third-order valence-corrected chi connectivity index (χ3v) is 4.62. The van der Waals surface area contributed by atoms with Crippen LogP contribution in [0.5, 0.6) is 0 Å². The molecule has 0 aromatic carbocycles. The number of nitrogens with one attached hydrogen (secondary N) is 1. The van der Waals surface area contributed by atoms with Gasteiger partial charge in [0.25, 0.3) is 5.91 Å². The van der Waals surface area contributed by atoms with E-state index in [9.17, 15) is 4.79 Å². The van der Waals surface area contributed by atoms with Crippen molar-refractivity contribution in [3.8, 4) is 0 Å². The topological polar surface area (TPSA) is 63.1 Å². The van der Waals surface area contributed by atoms with Crippen LogP contribution in [0.4, 0.5) is 0 Å². The molecule has 1 N–H and O–H groups in total. The normalized spacial score (nSPS) is 17.8. The van der Waals surface area contributed by atoms with E-state index in [1.807, 2.05) is 25.2 Å². The van der Waals surface area contributed by atoms with E-state index < -0.39 is 0 Å². The van der Waals surface area contributed by atoms with Crippen LogP contribution >= 0.6 is 0 Å². The first kappa shape index (κ1) is 15.7. The molecule has 0 atom stereocenters. The van der Waals surface area contributed by atoms with Crippen molar-refractivity contribution in [3.63, 3.8) is 0 Å². The van der Waals surface area contributed by atoms with Gasteiger partial charge in [0.15, 0.2) is 0 Å². The number of hydrogen-bond acceptors (Lipinski definition) is 4. The number of aromatic nitrogens is 3. The molecule has 1 amide bonds. The summed E-state index contributed by atoms with van der Waals surface area (Å²) in [5.74, 6) is -0.0644. The number of amides is 1. The molecule has 0 bridgehead atoms. The van der Waals surface area contributed by atoms with Crippen molar-refractivity contribution in [2.45, 2.75) is 24.8 Å². The summed E-state index contributed by atoms with van der Waals surface area (Å²) in [6.07, 6.45) is 7.66. The maximum atomic E-state index is 12.7. The van der Waals surface area contributed by atoms with Gasteiger partial charge in [0, 0.05) is 44.0 Å². The smallest absolute Gasteiger partial charge is 0.269 e. The van der Waals surface area contributed by atoms with Crippen LogP contribution in [0.25, 0.3) is 0 Å². The number of carbonyl (C=O) groups excluding carboxylic acids is 1. The molecule has 6 nitrogen and oxygen atoms in total. The molecule has 1 aliphatic heterocycles. The minimum Gasteiger partial charge on any atom is -0.345 e. The zero-order valence-electron chi connectivity index (χ0n) is 13.7. The third kappa shape index (κ3) is 3.59. The van der Waals surface area contributed by atoms with Gasteiger partial charge >= 0.3 is 0 Å². The van der Waals surface area contributed by atoms with E-state index in [4.69, 9.17) is 0 Å². The van der Waals surface area contributed by atoms with Crippen molar-refractivity contribution in [2.75, 3.05) is 20.1 Å². The molecule has 6 heteroatoms. The molecule has 0 saturated carbocycles. The number of carbonyl (C=O) groups is 1. The fourth-order valence-electron chi connectivity index (χ4n) is 3.12. The van der Waals surface area contributed by atoms with Crippen LogP contribution < -0.4 is 5.32 Å². The van der Waals surface area contributed by atoms with Gasteiger partial charge in [0.2, 0.25) is 0 Å². The number of rotatable bonds is 4. The second-order valence-electron chi connectivity index (χ2n) is 6.43. The number of pyridine rings is 1. The van der Waals surface area contributed by atoms with Gasteiger partial charge in [-0.25, -0.2) is 4.98 Å². The van der Waals surface area contributed by atoms with Gasteiger partial charge in [-0.05, 0) is 32.0 Å². The Kier molecular flexibility index (Phi) is 4.43. The SMILES string of the molecule is CN1CCC(Cc2ccccn2)(NC(=O)c2cncn2C)CC1. The summed E-state index contributed by atoms with van der Waals surface area (Å²) in [5, 5.41) is 3.28. The van der Waals surface area contributed by atoms with Crippen LogP contribution in [0.3, 0.4) is 0 Å². The van der Waals surface area contributed by atoms with E-state index in [1.165, 1.54) is 0 Å². The molecule has 1 fully saturated rings. The lowest BCUT2D eigenvalue weighted by molar-refractivity contribution is 0.0820. The van der Waals surface area contributed by atoms with Crippen LogP contribution in [0.2, 0.25) is 0 Å².